The van der Waals surface area contributed by atoms with Crippen LogP contribution in [-0.2, 0) is 5.41 Å². The molecular formula is C31H28N2O2. The van der Waals surface area contributed by atoms with Crippen LogP contribution in [0.1, 0.15) is 43.2 Å². The molecule has 0 spiro atoms. The van der Waals surface area contributed by atoms with Gasteiger partial charge in [-0.2, -0.15) is 0 Å². The van der Waals surface area contributed by atoms with E-state index in [1.807, 2.05) is 37.3 Å². The van der Waals surface area contributed by atoms with E-state index in [2.05, 4.69) is 69.9 Å². The van der Waals surface area contributed by atoms with E-state index in [9.17, 15) is 0 Å². The molecule has 0 N–H and O–H groups in total. The second-order valence-electron chi connectivity index (χ2n) is 10.5. The largest absolute Gasteiger partial charge is 0.454 e. The molecule has 4 heterocycles. The third-order valence-corrected chi connectivity index (χ3v) is 6.80. The Balaban J connectivity index is 1.48. The van der Waals surface area contributed by atoms with E-state index >= 15 is 0 Å². The average molecular weight is 461 g/mol. The van der Waals surface area contributed by atoms with Crippen LogP contribution in [0.3, 0.4) is 0 Å². The Morgan fingerprint density at radius 3 is 2.26 bits per heavy atom. The number of hydrogen-bond donors (Lipinski definition) is 0. The highest BCUT2D eigenvalue weighted by Gasteiger charge is 2.20. The molecule has 0 radical (unpaired) electrons. The summed E-state index contributed by atoms with van der Waals surface area (Å²) in [7, 11) is 0. The van der Waals surface area contributed by atoms with Crippen LogP contribution in [0, 0.1) is 20.8 Å². The summed E-state index contributed by atoms with van der Waals surface area (Å²) in [6.07, 6.45) is 0. The molecule has 0 bridgehead atoms. The predicted octanol–water partition coefficient (Wildman–Crippen LogP) is 8.68. The quantitative estimate of drug-likeness (QED) is 0.259. The van der Waals surface area contributed by atoms with Crippen LogP contribution in [0.25, 0.3) is 55.7 Å². The molecule has 0 unspecified atom stereocenters. The molecule has 6 aromatic rings. The summed E-state index contributed by atoms with van der Waals surface area (Å²) in [5, 5.41) is 2.06. The fourth-order valence-corrected chi connectivity index (χ4v) is 4.96. The van der Waals surface area contributed by atoms with Gasteiger partial charge in [-0.05, 0) is 73.2 Å². The van der Waals surface area contributed by atoms with E-state index in [4.69, 9.17) is 13.8 Å². The summed E-state index contributed by atoms with van der Waals surface area (Å²) in [5.74, 6) is 0.849. The normalized spacial score (nSPS) is 12.3. The summed E-state index contributed by atoms with van der Waals surface area (Å²) in [5.41, 5.74) is 10.8. The van der Waals surface area contributed by atoms with Crippen molar-refractivity contribution in [3.05, 3.63) is 83.0 Å². The molecule has 0 aliphatic heterocycles. The molecule has 174 valence electrons. The summed E-state index contributed by atoms with van der Waals surface area (Å²) in [4.78, 5) is 9.54. The van der Waals surface area contributed by atoms with E-state index in [1.165, 1.54) is 16.7 Å². The van der Waals surface area contributed by atoms with Gasteiger partial charge in [-0.3, -0.25) is 0 Å². The Morgan fingerprint density at radius 1 is 0.743 bits per heavy atom. The average Bonchev–Trinajstić information content (AvgIpc) is 3.37. The van der Waals surface area contributed by atoms with Crippen molar-refractivity contribution < 1.29 is 8.83 Å². The van der Waals surface area contributed by atoms with Gasteiger partial charge in [-0.15, -0.1) is 0 Å². The number of benzene rings is 2. The van der Waals surface area contributed by atoms with Crippen molar-refractivity contribution in [1.29, 1.82) is 0 Å². The van der Waals surface area contributed by atoms with Crippen LogP contribution < -0.4 is 0 Å². The first-order valence-corrected chi connectivity index (χ1v) is 12.0. The first-order valence-electron chi connectivity index (χ1n) is 12.0. The van der Waals surface area contributed by atoms with Crippen molar-refractivity contribution in [3.8, 4) is 22.6 Å². The van der Waals surface area contributed by atoms with E-state index < -0.39 is 0 Å². The number of hydrogen-bond acceptors (Lipinski definition) is 4. The van der Waals surface area contributed by atoms with E-state index in [0.29, 0.717) is 5.71 Å². The summed E-state index contributed by atoms with van der Waals surface area (Å²) >= 11 is 0. The molecule has 0 fully saturated rings. The van der Waals surface area contributed by atoms with E-state index in [1.54, 1.807) is 0 Å². The molecule has 35 heavy (non-hydrogen) atoms. The van der Waals surface area contributed by atoms with Crippen LogP contribution in [-0.4, -0.2) is 9.97 Å². The SMILES string of the molecule is Cc1ccc2c(n1)oc1c(-c3ccc4oc(-c5c(C)cc(C(C)(C)C)cc5C)cc4n3)cccc12. The van der Waals surface area contributed by atoms with Gasteiger partial charge in [0.25, 0.3) is 0 Å². The number of fused-ring (bicyclic) bond motifs is 4. The molecule has 0 saturated carbocycles. The van der Waals surface area contributed by atoms with Crippen molar-refractivity contribution in [2.45, 2.75) is 47.0 Å². The zero-order valence-corrected chi connectivity index (χ0v) is 21.0. The van der Waals surface area contributed by atoms with E-state index in [-0.39, 0.29) is 5.41 Å². The fourth-order valence-electron chi connectivity index (χ4n) is 4.96. The maximum absolute atomic E-state index is 6.28. The maximum Gasteiger partial charge on any atom is 0.227 e. The second kappa shape index (κ2) is 7.54. The van der Waals surface area contributed by atoms with Crippen LogP contribution >= 0.6 is 0 Å². The number of aromatic nitrogens is 2. The van der Waals surface area contributed by atoms with Crippen molar-refractivity contribution >= 4 is 33.2 Å². The third-order valence-electron chi connectivity index (χ3n) is 6.80. The molecule has 0 aliphatic carbocycles. The van der Waals surface area contributed by atoms with Crippen molar-refractivity contribution in [3.63, 3.8) is 0 Å². The van der Waals surface area contributed by atoms with Crippen LogP contribution in [0.4, 0.5) is 0 Å². The number of furan rings is 2. The highest BCUT2D eigenvalue weighted by Crippen LogP contribution is 2.38. The summed E-state index contributed by atoms with van der Waals surface area (Å²) in [6, 6.07) is 20.8. The molecular weight excluding hydrogens is 432 g/mol. The van der Waals surface area contributed by atoms with Gasteiger partial charge < -0.3 is 8.83 Å². The van der Waals surface area contributed by atoms with Gasteiger partial charge in [0.15, 0.2) is 5.58 Å². The molecule has 4 nitrogen and oxygen atoms in total. The van der Waals surface area contributed by atoms with Gasteiger partial charge in [0.2, 0.25) is 5.71 Å². The molecule has 0 amide bonds. The third kappa shape index (κ3) is 3.52. The van der Waals surface area contributed by atoms with Gasteiger partial charge in [-0.1, -0.05) is 45.0 Å². The Labute approximate surface area is 204 Å². The highest BCUT2D eigenvalue weighted by atomic mass is 16.3. The van der Waals surface area contributed by atoms with Crippen LogP contribution in [0.2, 0.25) is 0 Å². The summed E-state index contributed by atoms with van der Waals surface area (Å²) in [6.45, 7) is 13.0. The Kier molecular flexibility index (Phi) is 4.65. The molecule has 0 aliphatic rings. The molecule has 4 heteroatoms. The van der Waals surface area contributed by atoms with Crippen molar-refractivity contribution in [2.75, 3.05) is 0 Å². The smallest absolute Gasteiger partial charge is 0.227 e. The monoisotopic (exact) mass is 460 g/mol. The number of pyridine rings is 2. The van der Waals surface area contributed by atoms with Gasteiger partial charge in [0.05, 0.1) is 5.69 Å². The molecule has 0 saturated heterocycles. The first kappa shape index (κ1) is 21.6. The minimum absolute atomic E-state index is 0.101. The lowest BCUT2D eigenvalue weighted by atomic mass is 9.83. The Morgan fingerprint density at radius 2 is 1.51 bits per heavy atom. The predicted molar refractivity (Wildman–Crippen MR) is 143 cm³/mol. The lowest BCUT2D eigenvalue weighted by molar-refractivity contribution is 0.588. The lowest BCUT2D eigenvalue weighted by Crippen LogP contribution is -2.12. The Hall–Kier alpha value is -3.92. The molecule has 4 aromatic heterocycles. The topological polar surface area (TPSA) is 52.1 Å². The number of nitrogens with zero attached hydrogens (tertiary/aromatic N) is 2. The van der Waals surface area contributed by atoms with Crippen molar-refractivity contribution in [1.82, 2.24) is 9.97 Å². The zero-order valence-electron chi connectivity index (χ0n) is 21.0. The minimum atomic E-state index is 0.101. The lowest BCUT2D eigenvalue weighted by Gasteiger charge is -2.21. The van der Waals surface area contributed by atoms with E-state index in [0.717, 1.165) is 55.7 Å². The Bertz CT molecular complexity index is 1740. The molecule has 0 atom stereocenters. The highest BCUT2D eigenvalue weighted by molar-refractivity contribution is 6.08. The standard InChI is InChI=1S/C31H28N2O2/c1-17-14-20(31(4,5)6)15-18(2)28(17)27-16-25-26(34-27)13-12-24(33-25)23-9-7-8-21-22-11-10-19(3)32-30(22)35-29(21)23/h7-16H,1-6H3. The number of aryl methyl sites for hydroxylation is 3. The van der Waals surface area contributed by atoms with Crippen LogP contribution in [0.5, 0.6) is 0 Å². The minimum Gasteiger partial charge on any atom is -0.454 e. The van der Waals surface area contributed by atoms with Crippen molar-refractivity contribution in [2.24, 2.45) is 0 Å². The fraction of sp³-hybridized carbons (Fsp3) is 0.226. The maximum atomic E-state index is 6.28. The zero-order chi connectivity index (χ0) is 24.5. The number of para-hydroxylation sites is 1. The first-order chi connectivity index (χ1) is 16.7. The van der Waals surface area contributed by atoms with Gasteiger partial charge in [0.1, 0.15) is 16.9 Å². The van der Waals surface area contributed by atoms with Gasteiger partial charge in [0, 0.05) is 33.7 Å². The second-order valence-corrected chi connectivity index (χ2v) is 10.5. The summed E-state index contributed by atoms with van der Waals surface area (Å²) < 4.78 is 12.5. The van der Waals surface area contributed by atoms with Gasteiger partial charge in [-0.25, -0.2) is 9.97 Å². The molecule has 6 rings (SSSR count). The molecule has 2 aromatic carbocycles. The van der Waals surface area contributed by atoms with Crippen LogP contribution in [0.15, 0.2) is 69.5 Å². The van der Waals surface area contributed by atoms with Gasteiger partial charge >= 0.3 is 0 Å². The number of rotatable bonds is 2.